The molecule has 3 aromatic rings. The molecule has 1 amide bonds. The molecule has 1 heterocycles. The molecule has 1 aromatic heterocycles. The van der Waals surface area contributed by atoms with Gasteiger partial charge in [0, 0.05) is 17.5 Å². The molecule has 0 saturated heterocycles. The second-order valence-electron chi connectivity index (χ2n) is 7.62. The molecule has 1 aliphatic carbocycles. The molecule has 4 rings (SSSR count). The first kappa shape index (κ1) is 22.3. The normalized spacial score (nSPS) is 14.1. The Kier molecular flexibility index (Phi) is 6.45. The molecule has 1 saturated carbocycles. The fourth-order valence-electron chi connectivity index (χ4n) is 3.02. The Bertz CT molecular complexity index is 1250. The van der Waals surface area contributed by atoms with Gasteiger partial charge in [0.2, 0.25) is 15.9 Å². The smallest absolute Gasteiger partial charge is 0.240 e. The van der Waals surface area contributed by atoms with E-state index in [9.17, 15) is 13.2 Å². The second-order valence-corrected chi connectivity index (χ2v) is 9.83. The first-order chi connectivity index (χ1) is 15.3. The average molecular weight is 472 g/mol. The van der Waals surface area contributed by atoms with E-state index < -0.39 is 10.0 Å². The van der Waals surface area contributed by atoms with Crippen molar-refractivity contribution < 1.29 is 17.7 Å². The Morgan fingerprint density at radius 1 is 1.12 bits per heavy atom. The minimum atomic E-state index is -3.65. The van der Waals surface area contributed by atoms with E-state index in [0.717, 1.165) is 24.0 Å². The van der Waals surface area contributed by atoms with Crippen molar-refractivity contribution in [1.82, 2.24) is 9.88 Å². The molecule has 0 aliphatic heterocycles. The number of hydrogen-bond donors (Lipinski definition) is 2. The van der Waals surface area contributed by atoms with Crippen molar-refractivity contribution in [2.75, 3.05) is 5.32 Å². The van der Waals surface area contributed by atoms with Crippen molar-refractivity contribution >= 4 is 45.4 Å². The third kappa shape index (κ3) is 5.45. The van der Waals surface area contributed by atoms with Crippen LogP contribution in [0.5, 0.6) is 0 Å². The lowest BCUT2D eigenvalue weighted by atomic mass is 10.2. The topological polar surface area (TPSA) is 101 Å². The van der Waals surface area contributed by atoms with Gasteiger partial charge in [0.15, 0.2) is 5.76 Å². The second kappa shape index (κ2) is 9.28. The van der Waals surface area contributed by atoms with E-state index in [1.807, 2.05) is 0 Å². The van der Waals surface area contributed by atoms with E-state index in [-0.39, 0.29) is 23.3 Å². The van der Waals surface area contributed by atoms with Gasteiger partial charge in [0.25, 0.3) is 0 Å². The van der Waals surface area contributed by atoms with Crippen LogP contribution in [0.3, 0.4) is 0 Å². The van der Waals surface area contributed by atoms with Crippen LogP contribution in [0.15, 0.2) is 57.9 Å². The van der Waals surface area contributed by atoms with Crippen LogP contribution in [0.25, 0.3) is 12.2 Å². The first-order valence-electron chi connectivity index (χ1n) is 10.1. The van der Waals surface area contributed by atoms with Gasteiger partial charge < -0.3 is 9.84 Å². The Labute approximate surface area is 191 Å². The molecule has 2 aromatic carbocycles. The maximum Gasteiger partial charge on any atom is 0.240 e. The van der Waals surface area contributed by atoms with Crippen LogP contribution >= 0.6 is 11.6 Å². The van der Waals surface area contributed by atoms with E-state index in [4.69, 9.17) is 16.1 Å². The summed E-state index contributed by atoms with van der Waals surface area (Å²) in [6, 6.07) is 13.4. The van der Waals surface area contributed by atoms with Gasteiger partial charge in [-0.25, -0.2) is 13.1 Å². The van der Waals surface area contributed by atoms with Crippen LogP contribution in [-0.2, 0) is 21.4 Å². The number of aromatic nitrogens is 1. The number of halogens is 1. The lowest BCUT2D eigenvalue weighted by Crippen LogP contribution is -2.23. The van der Waals surface area contributed by atoms with Gasteiger partial charge in [-0.3, -0.25) is 4.79 Å². The van der Waals surface area contributed by atoms with E-state index in [0.29, 0.717) is 22.2 Å². The molecular formula is C23H22ClN3O4S. The molecule has 2 N–H and O–H groups in total. The summed E-state index contributed by atoms with van der Waals surface area (Å²) in [4.78, 5) is 12.2. The van der Waals surface area contributed by atoms with Gasteiger partial charge in [-0.05, 0) is 61.2 Å². The van der Waals surface area contributed by atoms with Crippen LogP contribution in [0.2, 0.25) is 5.02 Å². The van der Waals surface area contributed by atoms with E-state index in [1.165, 1.54) is 12.1 Å². The summed E-state index contributed by atoms with van der Waals surface area (Å²) in [6.45, 7) is 1.93. The predicted molar refractivity (Wildman–Crippen MR) is 123 cm³/mol. The summed E-state index contributed by atoms with van der Waals surface area (Å²) in [5, 5.41) is 7.39. The maximum atomic E-state index is 12.6. The molecule has 1 fully saturated rings. The summed E-state index contributed by atoms with van der Waals surface area (Å²) in [5.41, 5.74) is 2.75. The summed E-state index contributed by atoms with van der Waals surface area (Å²) in [6.07, 6.45) is 5.28. The number of hydrogen-bond acceptors (Lipinski definition) is 5. The Morgan fingerprint density at radius 3 is 2.47 bits per heavy atom. The lowest BCUT2D eigenvalue weighted by molar-refractivity contribution is -0.117. The van der Waals surface area contributed by atoms with Crippen LogP contribution < -0.4 is 10.0 Å². The van der Waals surface area contributed by atoms with Crippen LogP contribution in [0.1, 0.15) is 35.4 Å². The molecule has 0 radical (unpaired) electrons. The van der Waals surface area contributed by atoms with Gasteiger partial charge in [-0.2, -0.15) is 0 Å². The van der Waals surface area contributed by atoms with Gasteiger partial charge in [0.05, 0.1) is 4.90 Å². The standard InChI is InChI=1S/C23H22ClN3O4S/c1-15-22(26-23(28)18-7-8-18)21(31-27-15)13-6-16-4-11-20(12-5-16)32(29,30)25-14-17-2-9-19(24)10-3-17/h2-6,9-13,18,25H,7-8,14H2,1H3,(H,26,28)/b13-6-. The fraction of sp³-hybridized carbons (Fsp3) is 0.217. The van der Waals surface area contributed by atoms with Gasteiger partial charge in [-0.15, -0.1) is 0 Å². The quantitative estimate of drug-likeness (QED) is 0.498. The van der Waals surface area contributed by atoms with Gasteiger partial charge in [0.1, 0.15) is 11.4 Å². The Hall–Kier alpha value is -2.94. The van der Waals surface area contributed by atoms with Crippen molar-refractivity contribution in [3.63, 3.8) is 0 Å². The van der Waals surface area contributed by atoms with Crippen molar-refractivity contribution in [1.29, 1.82) is 0 Å². The molecule has 7 nitrogen and oxygen atoms in total. The largest absolute Gasteiger partial charge is 0.354 e. The number of nitrogens with zero attached hydrogens (tertiary/aromatic N) is 1. The number of carbonyl (C=O) groups excluding carboxylic acids is 1. The number of rotatable bonds is 8. The minimum absolute atomic E-state index is 0.0217. The van der Waals surface area contributed by atoms with Crippen molar-refractivity contribution in [3.8, 4) is 0 Å². The zero-order valence-electron chi connectivity index (χ0n) is 17.3. The number of nitrogens with one attached hydrogen (secondary N) is 2. The number of anilines is 1. The number of amides is 1. The van der Waals surface area contributed by atoms with Crippen LogP contribution in [-0.4, -0.2) is 19.5 Å². The zero-order chi connectivity index (χ0) is 22.7. The summed E-state index contributed by atoms with van der Waals surface area (Å²) in [7, 11) is -3.65. The number of aryl methyl sites for hydroxylation is 1. The minimum Gasteiger partial charge on any atom is -0.354 e. The Morgan fingerprint density at radius 2 is 1.81 bits per heavy atom. The van der Waals surface area contributed by atoms with Crippen LogP contribution in [0.4, 0.5) is 5.69 Å². The molecule has 1 aliphatic rings. The third-order valence-electron chi connectivity index (χ3n) is 5.08. The molecular weight excluding hydrogens is 450 g/mol. The highest BCUT2D eigenvalue weighted by molar-refractivity contribution is 7.89. The van der Waals surface area contributed by atoms with Crippen molar-refractivity contribution in [2.24, 2.45) is 5.92 Å². The van der Waals surface area contributed by atoms with Crippen molar-refractivity contribution in [2.45, 2.75) is 31.2 Å². The molecule has 32 heavy (non-hydrogen) atoms. The molecule has 0 atom stereocenters. The number of carbonyl (C=O) groups is 1. The SMILES string of the molecule is Cc1noc(/C=C\c2ccc(S(=O)(=O)NCc3ccc(Cl)cc3)cc2)c1NC(=O)C1CC1. The molecule has 9 heteroatoms. The van der Waals surface area contributed by atoms with Crippen LogP contribution in [0, 0.1) is 12.8 Å². The highest BCUT2D eigenvalue weighted by atomic mass is 35.5. The van der Waals surface area contributed by atoms with E-state index >= 15 is 0 Å². The monoisotopic (exact) mass is 471 g/mol. The molecule has 166 valence electrons. The highest BCUT2D eigenvalue weighted by Crippen LogP contribution is 2.32. The summed E-state index contributed by atoms with van der Waals surface area (Å²) < 4.78 is 33.0. The maximum absolute atomic E-state index is 12.6. The molecule has 0 spiro atoms. The van der Waals surface area contributed by atoms with Crippen molar-refractivity contribution in [3.05, 3.63) is 76.1 Å². The summed E-state index contributed by atoms with van der Waals surface area (Å²) >= 11 is 5.85. The van der Waals surface area contributed by atoms with Gasteiger partial charge >= 0.3 is 0 Å². The Balaban J connectivity index is 1.42. The number of sulfonamides is 1. The molecule has 0 bridgehead atoms. The predicted octanol–water partition coefficient (Wildman–Crippen LogP) is 4.63. The van der Waals surface area contributed by atoms with E-state index in [2.05, 4.69) is 15.2 Å². The summed E-state index contributed by atoms with van der Waals surface area (Å²) in [5.74, 6) is 0.494. The highest BCUT2D eigenvalue weighted by Gasteiger charge is 2.30. The lowest BCUT2D eigenvalue weighted by Gasteiger charge is -2.07. The average Bonchev–Trinajstić information content (AvgIpc) is 3.58. The number of benzene rings is 2. The fourth-order valence-corrected chi connectivity index (χ4v) is 4.16. The van der Waals surface area contributed by atoms with Gasteiger partial charge in [-0.1, -0.05) is 47.1 Å². The molecule has 0 unspecified atom stereocenters. The zero-order valence-corrected chi connectivity index (χ0v) is 18.9. The first-order valence-corrected chi connectivity index (χ1v) is 12.0. The third-order valence-corrected chi connectivity index (χ3v) is 6.75. The van der Waals surface area contributed by atoms with E-state index in [1.54, 1.807) is 55.5 Å².